The Labute approximate surface area is 171 Å². The number of allylic oxidation sites excluding steroid dienone is 6. The van der Waals surface area contributed by atoms with Crippen LogP contribution in [0.4, 0.5) is 0 Å². The Balaban J connectivity index is 0.000000934. The molecule has 3 fully saturated rings. The molecule has 0 amide bonds. The lowest BCUT2D eigenvalue weighted by Crippen LogP contribution is -2.54. The van der Waals surface area contributed by atoms with Crippen molar-refractivity contribution < 1.29 is 10.6 Å². The number of rotatable bonds is 0. The van der Waals surface area contributed by atoms with Gasteiger partial charge >= 0.3 is 0 Å². The minimum absolute atomic E-state index is 0. The number of aliphatic hydroxyl groups is 1. The van der Waals surface area contributed by atoms with Gasteiger partial charge < -0.3 is 16.7 Å². The second kappa shape index (κ2) is 7.17. The maximum Gasteiger partial charge on any atom is 0.130 e. The van der Waals surface area contributed by atoms with Crippen molar-refractivity contribution in [3.8, 4) is 12.3 Å². The van der Waals surface area contributed by atoms with Crippen molar-refractivity contribution in [1.82, 2.24) is 6.15 Å². The van der Waals surface area contributed by atoms with Crippen LogP contribution in [0.5, 0.6) is 0 Å². The fourth-order valence-corrected chi connectivity index (χ4v) is 7.56. The predicted octanol–water partition coefficient (Wildman–Crippen LogP) is 5.15. The summed E-state index contributed by atoms with van der Waals surface area (Å²) in [5, 5.41) is 11.1. The second-order valence-corrected chi connectivity index (χ2v) is 9.84. The van der Waals surface area contributed by atoms with E-state index in [-0.39, 0.29) is 24.5 Å². The maximum absolute atomic E-state index is 11.1. The largest absolute Gasteiger partial charge is 0.412 e. The van der Waals surface area contributed by atoms with Crippen LogP contribution in [0.15, 0.2) is 34.9 Å². The Bertz CT molecular complexity index is 772. The monoisotopic (exact) mass is 385 g/mol. The first-order valence-electron chi connectivity index (χ1n) is 10.2. The van der Waals surface area contributed by atoms with Crippen molar-refractivity contribution in [2.75, 3.05) is 0 Å². The standard InChI is InChI=1S/C24H30O.CH4.H3N.H2O/c1-4-24(25)13-11-21-19-9-8-18-14-16-6-5-7-17(16)15-22(18,2)20(19)10-12-23(21,24)3;;;/h1,5,7,14,19-21,25H,6,8-13,15H2,2-3H3;1H4;1H3;1H2/t19?,20?,21?,22?,23?,24-;;;/m0.../s1. The molecule has 28 heavy (non-hydrogen) atoms. The van der Waals surface area contributed by atoms with Gasteiger partial charge in [0.25, 0.3) is 0 Å². The average molecular weight is 386 g/mol. The van der Waals surface area contributed by atoms with Crippen LogP contribution in [0.2, 0.25) is 0 Å². The lowest BCUT2D eigenvalue weighted by Gasteiger charge is -2.58. The molecule has 0 heterocycles. The first-order valence-corrected chi connectivity index (χ1v) is 10.2. The molecule has 0 aromatic rings. The van der Waals surface area contributed by atoms with Crippen LogP contribution in [-0.4, -0.2) is 16.2 Å². The van der Waals surface area contributed by atoms with Crippen LogP contribution >= 0.6 is 0 Å². The summed E-state index contributed by atoms with van der Waals surface area (Å²) in [5.74, 6) is 4.89. The molecule has 5 aliphatic carbocycles. The van der Waals surface area contributed by atoms with E-state index in [0.29, 0.717) is 11.3 Å². The van der Waals surface area contributed by atoms with Gasteiger partial charge in [0.2, 0.25) is 0 Å². The second-order valence-electron chi connectivity index (χ2n) is 9.84. The Kier molecular flexibility index (Phi) is 5.87. The van der Waals surface area contributed by atoms with Gasteiger partial charge in [-0.05, 0) is 85.7 Å². The molecule has 0 saturated heterocycles. The molecule has 0 spiro atoms. The van der Waals surface area contributed by atoms with E-state index in [0.717, 1.165) is 37.5 Å². The summed E-state index contributed by atoms with van der Waals surface area (Å²) in [5.41, 5.74) is 4.25. The van der Waals surface area contributed by atoms with Crippen LogP contribution < -0.4 is 6.15 Å². The Morgan fingerprint density at radius 3 is 2.54 bits per heavy atom. The van der Waals surface area contributed by atoms with E-state index in [2.05, 4.69) is 38.0 Å². The molecule has 3 nitrogen and oxygen atoms in total. The Hall–Kier alpha value is -1.34. The molecule has 0 radical (unpaired) electrons. The van der Waals surface area contributed by atoms with Gasteiger partial charge in [-0.25, -0.2) is 0 Å². The fourth-order valence-electron chi connectivity index (χ4n) is 7.56. The van der Waals surface area contributed by atoms with E-state index in [1.807, 2.05) is 0 Å². The van der Waals surface area contributed by atoms with E-state index in [4.69, 9.17) is 6.42 Å². The van der Waals surface area contributed by atoms with Crippen molar-refractivity contribution in [2.45, 2.75) is 78.2 Å². The summed E-state index contributed by atoms with van der Waals surface area (Å²) >= 11 is 0. The molecule has 5 rings (SSSR count). The van der Waals surface area contributed by atoms with E-state index in [9.17, 15) is 5.11 Å². The normalized spacial score (nSPS) is 45.1. The van der Waals surface area contributed by atoms with Crippen LogP contribution in [0.1, 0.15) is 72.6 Å². The van der Waals surface area contributed by atoms with Gasteiger partial charge in [0.1, 0.15) is 5.60 Å². The fraction of sp³-hybridized carbons (Fsp3) is 0.680. The first-order chi connectivity index (χ1) is 11.9. The summed E-state index contributed by atoms with van der Waals surface area (Å²) < 4.78 is 0. The van der Waals surface area contributed by atoms with Gasteiger partial charge in [-0.3, -0.25) is 0 Å². The van der Waals surface area contributed by atoms with Crippen molar-refractivity contribution in [1.29, 1.82) is 0 Å². The van der Waals surface area contributed by atoms with Gasteiger partial charge in [0.05, 0.1) is 0 Å². The number of hydrogen-bond donors (Lipinski definition) is 2. The third-order valence-electron chi connectivity index (χ3n) is 9.10. The molecule has 5 aliphatic rings. The van der Waals surface area contributed by atoms with Crippen molar-refractivity contribution in [3.63, 3.8) is 0 Å². The molecule has 0 bridgehead atoms. The Morgan fingerprint density at radius 1 is 1.11 bits per heavy atom. The maximum atomic E-state index is 11.1. The highest BCUT2D eigenvalue weighted by atomic mass is 16.3. The molecule has 3 heteroatoms. The van der Waals surface area contributed by atoms with Gasteiger partial charge in [0.15, 0.2) is 0 Å². The summed E-state index contributed by atoms with van der Waals surface area (Å²) in [7, 11) is 0. The molecule has 3 saturated carbocycles. The smallest absolute Gasteiger partial charge is 0.130 e. The van der Waals surface area contributed by atoms with Crippen molar-refractivity contribution in [2.24, 2.45) is 28.6 Å². The highest BCUT2D eigenvalue weighted by Crippen LogP contribution is 2.67. The summed E-state index contributed by atoms with van der Waals surface area (Å²) in [4.78, 5) is 0. The lowest BCUT2D eigenvalue weighted by molar-refractivity contribution is -0.0976. The van der Waals surface area contributed by atoms with Gasteiger partial charge in [0, 0.05) is 5.41 Å². The predicted molar refractivity (Wildman–Crippen MR) is 117 cm³/mol. The molecule has 6 N–H and O–H groups in total. The van der Waals surface area contributed by atoms with Crippen LogP contribution in [0.25, 0.3) is 0 Å². The molecule has 5 unspecified atom stereocenters. The summed E-state index contributed by atoms with van der Waals surface area (Å²) in [6.45, 7) is 4.83. The van der Waals surface area contributed by atoms with Gasteiger partial charge in [-0.1, -0.05) is 51.0 Å². The summed E-state index contributed by atoms with van der Waals surface area (Å²) in [6, 6.07) is 0. The molecule has 0 aliphatic heterocycles. The SMILES string of the molecule is C.C#C[C@]1(O)CCC2C3CCC4=CC5=C(C=CC5)CC4(C)C3CCC21C.N.O. The molecule has 6 atom stereocenters. The quantitative estimate of drug-likeness (QED) is 0.565. The number of terminal acetylenes is 1. The molecular formula is C25H39NO2. The van der Waals surface area contributed by atoms with Gasteiger partial charge in [-0.2, -0.15) is 0 Å². The zero-order valence-corrected chi connectivity index (χ0v) is 16.9. The molecule has 0 aromatic carbocycles. The topological polar surface area (TPSA) is 86.7 Å². The molecule has 156 valence electrons. The van der Waals surface area contributed by atoms with Crippen molar-refractivity contribution in [3.05, 3.63) is 34.9 Å². The van der Waals surface area contributed by atoms with E-state index in [1.54, 1.807) is 16.7 Å². The third kappa shape index (κ3) is 2.61. The highest BCUT2D eigenvalue weighted by molar-refractivity contribution is 5.48. The minimum atomic E-state index is -0.879. The van der Waals surface area contributed by atoms with Crippen molar-refractivity contribution >= 4 is 0 Å². The first kappa shape index (κ1) is 22.9. The highest BCUT2D eigenvalue weighted by Gasteiger charge is 2.63. The number of fused-ring (bicyclic) bond motifs is 5. The zero-order chi connectivity index (χ0) is 17.4. The molecule has 0 aromatic heterocycles. The lowest BCUT2D eigenvalue weighted by atomic mass is 9.46. The average Bonchev–Trinajstić information content (AvgIpc) is 3.14. The van der Waals surface area contributed by atoms with Gasteiger partial charge in [-0.15, -0.1) is 6.42 Å². The van der Waals surface area contributed by atoms with E-state index < -0.39 is 5.60 Å². The minimum Gasteiger partial charge on any atom is -0.412 e. The van der Waals surface area contributed by atoms with E-state index >= 15 is 0 Å². The zero-order valence-electron chi connectivity index (χ0n) is 16.9. The van der Waals surface area contributed by atoms with Crippen LogP contribution in [0, 0.1) is 40.9 Å². The van der Waals surface area contributed by atoms with Crippen LogP contribution in [-0.2, 0) is 0 Å². The Morgan fingerprint density at radius 2 is 1.82 bits per heavy atom. The number of hydrogen-bond acceptors (Lipinski definition) is 2. The molecular weight excluding hydrogens is 346 g/mol. The van der Waals surface area contributed by atoms with E-state index in [1.165, 1.54) is 25.7 Å². The summed E-state index contributed by atoms with van der Waals surface area (Å²) in [6.07, 6.45) is 22.2. The third-order valence-corrected chi connectivity index (χ3v) is 9.10. The van der Waals surface area contributed by atoms with Crippen LogP contribution in [0.3, 0.4) is 0 Å².